The third kappa shape index (κ3) is 5.45. The zero-order valence-electron chi connectivity index (χ0n) is 6.55. The van der Waals surface area contributed by atoms with Crippen LogP contribution >= 0.6 is 0 Å². The van der Waals surface area contributed by atoms with Crippen molar-refractivity contribution in [2.45, 2.75) is 32.6 Å². The molecule has 0 aromatic carbocycles. The first-order valence-corrected chi connectivity index (χ1v) is 3.59. The first-order valence-electron chi connectivity index (χ1n) is 3.59. The normalized spacial score (nSPS) is 9.18. The maximum Gasteiger partial charge on any atom is 0.206 e. The van der Waals surface area contributed by atoms with Gasteiger partial charge in [0.25, 0.3) is 0 Å². The predicted molar refractivity (Wildman–Crippen MR) is 39.8 cm³/mol. The molecular formula is C8H11O3. The molecule has 0 aromatic rings. The summed E-state index contributed by atoms with van der Waals surface area (Å²) in [5.41, 5.74) is 0. The highest BCUT2D eigenvalue weighted by Gasteiger charge is 2.04. The van der Waals surface area contributed by atoms with Crippen LogP contribution in [-0.4, -0.2) is 17.9 Å². The van der Waals surface area contributed by atoms with Gasteiger partial charge in [-0.1, -0.05) is 6.92 Å². The van der Waals surface area contributed by atoms with Gasteiger partial charge in [0.1, 0.15) is 11.6 Å². The highest BCUT2D eigenvalue weighted by atomic mass is 16.1. The number of carbonyl (C=O) groups excluding carboxylic acids is 3. The number of carbonyl (C=O) groups is 2. The van der Waals surface area contributed by atoms with Crippen molar-refractivity contribution >= 4 is 17.9 Å². The molecule has 0 spiro atoms. The van der Waals surface area contributed by atoms with Crippen LogP contribution < -0.4 is 0 Å². The molecule has 0 aliphatic heterocycles. The summed E-state index contributed by atoms with van der Waals surface area (Å²) in [4.78, 5) is 31.0. The summed E-state index contributed by atoms with van der Waals surface area (Å²) in [5.74, 6) is -0.147. The van der Waals surface area contributed by atoms with Gasteiger partial charge in [-0.05, 0) is 0 Å². The Hall–Kier alpha value is -0.990. The van der Waals surface area contributed by atoms with Crippen LogP contribution in [0.1, 0.15) is 32.6 Å². The molecule has 0 heterocycles. The van der Waals surface area contributed by atoms with Crippen molar-refractivity contribution in [2.75, 3.05) is 0 Å². The molecule has 0 bridgehead atoms. The monoisotopic (exact) mass is 155 g/mol. The largest absolute Gasteiger partial charge is 0.300 e. The second kappa shape index (κ2) is 5.77. The summed E-state index contributed by atoms with van der Waals surface area (Å²) in [6.07, 6.45) is 2.21. The van der Waals surface area contributed by atoms with E-state index in [-0.39, 0.29) is 30.8 Å². The Morgan fingerprint density at radius 2 is 1.73 bits per heavy atom. The summed E-state index contributed by atoms with van der Waals surface area (Å²) in [5, 5.41) is 0. The zero-order valence-corrected chi connectivity index (χ0v) is 6.55. The van der Waals surface area contributed by atoms with E-state index in [2.05, 4.69) is 0 Å². The van der Waals surface area contributed by atoms with Crippen molar-refractivity contribution in [1.29, 1.82) is 0 Å². The molecule has 0 unspecified atom stereocenters. The molecule has 1 radical (unpaired) electrons. The Kier molecular flexibility index (Phi) is 5.25. The van der Waals surface area contributed by atoms with E-state index in [1.54, 1.807) is 6.92 Å². The Bertz CT molecular complexity index is 161. The van der Waals surface area contributed by atoms with Gasteiger partial charge in [-0.3, -0.25) is 14.4 Å². The molecular weight excluding hydrogens is 144 g/mol. The van der Waals surface area contributed by atoms with Crippen molar-refractivity contribution in [3.63, 3.8) is 0 Å². The van der Waals surface area contributed by atoms with Crippen LogP contribution in [0, 0.1) is 0 Å². The number of hydrogen-bond donors (Lipinski definition) is 0. The van der Waals surface area contributed by atoms with Gasteiger partial charge < -0.3 is 0 Å². The van der Waals surface area contributed by atoms with Crippen LogP contribution in [-0.2, 0) is 14.4 Å². The number of rotatable bonds is 6. The lowest BCUT2D eigenvalue weighted by Gasteiger charge is -1.93. The van der Waals surface area contributed by atoms with E-state index in [1.807, 2.05) is 0 Å². The minimum absolute atomic E-state index is 0.0595. The van der Waals surface area contributed by atoms with E-state index in [9.17, 15) is 14.4 Å². The van der Waals surface area contributed by atoms with Gasteiger partial charge >= 0.3 is 0 Å². The molecule has 0 aliphatic carbocycles. The predicted octanol–water partition coefficient (Wildman–Crippen LogP) is 0.815. The van der Waals surface area contributed by atoms with E-state index < -0.39 is 0 Å². The Morgan fingerprint density at radius 3 is 2.18 bits per heavy atom. The Labute approximate surface area is 65.8 Å². The Morgan fingerprint density at radius 1 is 1.18 bits per heavy atom. The lowest BCUT2D eigenvalue weighted by molar-refractivity contribution is -0.123. The molecule has 0 saturated heterocycles. The topological polar surface area (TPSA) is 51.2 Å². The molecule has 3 heteroatoms. The summed E-state index contributed by atoms with van der Waals surface area (Å²) >= 11 is 0. The third-order valence-electron chi connectivity index (χ3n) is 1.35. The van der Waals surface area contributed by atoms with Crippen molar-refractivity contribution in [3.05, 3.63) is 0 Å². The second-order valence-corrected chi connectivity index (χ2v) is 2.25. The van der Waals surface area contributed by atoms with Crippen molar-refractivity contribution in [3.8, 4) is 0 Å². The van der Waals surface area contributed by atoms with Gasteiger partial charge in [0, 0.05) is 19.3 Å². The van der Waals surface area contributed by atoms with Crippen LogP contribution in [0.2, 0.25) is 0 Å². The Balaban J connectivity index is 3.45. The standard InChI is InChI=1S/C8H11O3/c1-2-7(10)3-4-8(11)5-6-9/h2-5H2,1H3. The van der Waals surface area contributed by atoms with Gasteiger partial charge in [-0.2, -0.15) is 0 Å². The number of hydrogen-bond acceptors (Lipinski definition) is 3. The second-order valence-electron chi connectivity index (χ2n) is 2.25. The average Bonchev–Trinajstić information content (AvgIpc) is 2.01. The van der Waals surface area contributed by atoms with E-state index in [0.29, 0.717) is 6.42 Å². The van der Waals surface area contributed by atoms with E-state index >= 15 is 0 Å². The molecule has 11 heavy (non-hydrogen) atoms. The molecule has 0 N–H and O–H groups in total. The summed E-state index contributed by atoms with van der Waals surface area (Å²) in [6.45, 7) is 1.75. The fraction of sp³-hybridized carbons (Fsp3) is 0.625. The van der Waals surface area contributed by atoms with Gasteiger partial charge in [-0.15, -0.1) is 0 Å². The summed E-state index contributed by atoms with van der Waals surface area (Å²) < 4.78 is 0. The number of Topliss-reactive ketones (excluding diaryl/α,β-unsaturated/α-hetero) is 2. The molecule has 3 nitrogen and oxygen atoms in total. The van der Waals surface area contributed by atoms with Crippen LogP contribution in [0.5, 0.6) is 0 Å². The lowest BCUT2D eigenvalue weighted by Crippen LogP contribution is -2.03. The van der Waals surface area contributed by atoms with Crippen molar-refractivity contribution < 1.29 is 14.4 Å². The molecule has 61 valence electrons. The highest BCUT2D eigenvalue weighted by molar-refractivity contribution is 5.92. The van der Waals surface area contributed by atoms with Gasteiger partial charge in [-0.25, -0.2) is 0 Å². The quantitative estimate of drug-likeness (QED) is 0.533. The van der Waals surface area contributed by atoms with Crippen LogP contribution in [0.4, 0.5) is 0 Å². The zero-order chi connectivity index (χ0) is 8.69. The molecule has 0 amide bonds. The van der Waals surface area contributed by atoms with Crippen molar-refractivity contribution in [2.24, 2.45) is 0 Å². The first-order chi connectivity index (χ1) is 5.20. The molecule has 0 rings (SSSR count). The minimum atomic E-state index is -0.207. The van der Waals surface area contributed by atoms with E-state index in [4.69, 9.17) is 0 Å². The first kappa shape index (κ1) is 10.0. The van der Waals surface area contributed by atoms with Gasteiger partial charge in [0.15, 0.2) is 0 Å². The smallest absolute Gasteiger partial charge is 0.206 e. The summed E-state index contributed by atoms with van der Waals surface area (Å²) in [7, 11) is 0. The van der Waals surface area contributed by atoms with Crippen LogP contribution in [0.15, 0.2) is 0 Å². The fourth-order valence-corrected chi connectivity index (χ4v) is 0.624. The van der Waals surface area contributed by atoms with Crippen LogP contribution in [0.3, 0.4) is 0 Å². The molecule has 0 atom stereocenters. The average molecular weight is 155 g/mol. The summed E-state index contributed by atoms with van der Waals surface area (Å²) in [6, 6.07) is 0. The third-order valence-corrected chi connectivity index (χ3v) is 1.35. The molecule has 0 aliphatic rings. The maximum atomic E-state index is 10.7. The van der Waals surface area contributed by atoms with E-state index in [0.717, 1.165) is 0 Å². The fourth-order valence-electron chi connectivity index (χ4n) is 0.624. The minimum Gasteiger partial charge on any atom is -0.300 e. The highest BCUT2D eigenvalue weighted by Crippen LogP contribution is 1.97. The van der Waals surface area contributed by atoms with E-state index in [1.165, 1.54) is 6.29 Å². The maximum absolute atomic E-state index is 10.7. The number of ketones is 2. The molecule has 0 fully saturated rings. The SMILES string of the molecule is CCC(=O)CCC(=O)C[C]=O. The lowest BCUT2D eigenvalue weighted by atomic mass is 10.1. The molecule has 0 aromatic heterocycles. The van der Waals surface area contributed by atoms with Crippen molar-refractivity contribution in [1.82, 2.24) is 0 Å². The van der Waals surface area contributed by atoms with Crippen LogP contribution in [0.25, 0.3) is 0 Å². The van der Waals surface area contributed by atoms with Gasteiger partial charge in [0.2, 0.25) is 6.29 Å². The molecule has 0 saturated carbocycles. The van der Waals surface area contributed by atoms with Gasteiger partial charge in [0.05, 0.1) is 6.42 Å².